The Kier molecular flexibility index (Phi) is 5.78. The molecule has 1 heterocycles. The maximum absolute atomic E-state index is 5.70. The molecule has 0 N–H and O–H groups in total. The van der Waals surface area contributed by atoms with Crippen molar-refractivity contribution in [1.82, 2.24) is 4.98 Å². The van der Waals surface area contributed by atoms with E-state index in [9.17, 15) is 0 Å². The second-order valence-electron chi connectivity index (χ2n) is 2.48. The molecule has 5 heteroatoms. The Hall–Kier alpha value is 0.230. The van der Waals surface area contributed by atoms with Crippen LogP contribution in [0.5, 0.6) is 0 Å². The van der Waals surface area contributed by atoms with Crippen LogP contribution in [-0.4, -0.2) is 24.5 Å². The minimum absolute atomic E-state index is 0.632. The third kappa shape index (κ3) is 4.86. The molecular weight excluding hydrogens is 226 g/mol. The summed E-state index contributed by atoms with van der Waals surface area (Å²) in [5, 5.41) is 0. The van der Waals surface area contributed by atoms with Crippen LogP contribution in [0, 0.1) is 0 Å². The van der Waals surface area contributed by atoms with Gasteiger partial charge in [-0.3, -0.25) is 0 Å². The summed E-state index contributed by atoms with van der Waals surface area (Å²) in [7, 11) is 1.73. The van der Waals surface area contributed by atoms with Crippen molar-refractivity contribution in [3.05, 3.63) is 15.5 Å². The molecule has 0 fully saturated rings. The molecule has 1 rings (SSSR count). The maximum Gasteiger partial charge on any atom is 0.183 e. The summed E-state index contributed by atoms with van der Waals surface area (Å²) >= 11 is 9.15. The fourth-order valence-electron chi connectivity index (χ4n) is 0.828. The van der Waals surface area contributed by atoms with Crippen LogP contribution in [0.4, 0.5) is 0 Å². The van der Waals surface area contributed by atoms with Crippen LogP contribution in [0.2, 0.25) is 4.47 Å². The molecule has 1 aromatic heterocycles. The Morgan fingerprint density at radius 3 is 3.15 bits per heavy atom. The zero-order valence-corrected chi connectivity index (χ0v) is 9.84. The summed E-state index contributed by atoms with van der Waals surface area (Å²) < 4.78 is 5.59. The smallest absolute Gasteiger partial charge is 0.183 e. The lowest BCUT2D eigenvalue weighted by atomic mass is 10.5. The van der Waals surface area contributed by atoms with Crippen LogP contribution in [0.3, 0.4) is 0 Å². The van der Waals surface area contributed by atoms with Gasteiger partial charge in [0.15, 0.2) is 4.47 Å². The van der Waals surface area contributed by atoms with Gasteiger partial charge in [0.25, 0.3) is 0 Å². The summed E-state index contributed by atoms with van der Waals surface area (Å²) in [6.07, 6.45) is 2.95. The number of halogens is 1. The average molecular weight is 238 g/mol. The molecule has 1 aromatic rings. The molecule has 0 aliphatic rings. The molecule has 13 heavy (non-hydrogen) atoms. The number of nitrogens with zero attached hydrogens (tertiary/aromatic N) is 1. The van der Waals surface area contributed by atoms with Gasteiger partial charge in [0.1, 0.15) is 0 Å². The molecule has 0 saturated carbocycles. The lowest BCUT2D eigenvalue weighted by molar-refractivity contribution is 0.200. The number of rotatable bonds is 6. The van der Waals surface area contributed by atoms with Crippen LogP contribution < -0.4 is 0 Å². The normalized spacial score (nSPS) is 10.6. The van der Waals surface area contributed by atoms with E-state index in [1.807, 2.05) is 18.0 Å². The molecule has 0 atom stereocenters. The Balaban J connectivity index is 2.06. The van der Waals surface area contributed by atoms with E-state index in [0.29, 0.717) is 4.47 Å². The van der Waals surface area contributed by atoms with E-state index < -0.39 is 0 Å². The first-order valence-corrected chi connectivity index (χ1v) is 6.34. The standard InChI is InChI=1S/C8H12ClNOS2/c1-11-3-2-4-12-6-7-5-10-8(9)13-7/h5H,2-4,6H2,1H3. The lowest BCUT2D eigenvalue weighted by Gasteiger charge is -1.98. The quantitative estimate of drug-likeness (QED) is 0.710. The van der Waals surface area contributed by atoms with Crippen LogP contribution in [-0.2, 0) is 10.5 Å². The summed E-state index contributed by atoms with van der Waals surface area (Å²) in [6.45, 7) is 0.844. The van der Waals surface area contributed by atoms with E-state index in [1.54, 1.807) is 18.4 Å². The first-order valence-electron chi connectivity index (χ1n) is 4.00. The fourth-order valence-corrected chi connectivity index (χ4v) is 2.83. The molecular formula is C8H12ClNOS2. The fraction of sp³-hybridized carbons (Fsp3) is 0.625. The first-order chi connectivity index (χ1) is 6.33. The van der Waals surface area contributed by atoms with Gasteiger partial charge in [-0.1, -0.05) is 11.6 Å². The first kappa shape index (κ1) is 11.3. The predicted molar refractivity (Wildman–Crippen MR) is 59.8 cm³/mol. The molecule has 0 aliphatic carbocycles. The number of ether oxygens (including phenoxy) is 1. The molecule has 0 unspecified atom stereocenters. The molecule has 0 bridgehead atoms. The predicted octanol–water partition coefficient (Wildman–Crippen LogP) is 3.07. The van der Waals surface area contributed by atoms with Crippen molar-refractivity contribution in [3.8, 4) is 0 Å². The summed E-state index contributed by atoms with van der Waals surface area (Å²) in [5.74, 6) is 2.14. The molecule has 0 aliphatic heterocycles. The molecule has 0 aromatic carbocycles. The minimum atomic E-state index is 0.632. The van der Waals surface area contributed by atoms with Gasteiger partial charge in [-0.25, -0.2) is 4.98 Å². The second kappa shape index (κ2) is 6.65. The van der Waals surface area contributed by atoms with E-state index in [0.717, 1.165) is 24.5 Å². The third-order valence-corrected chi connectivity index (χ3v) is 3.80. The van der Waals surface area contributed by atoms with Gasteiger partial charge < -0.3 is 4.74 Å². The van der Waals surface area contributed by atoms with Gasteiger partial charge in [-0.2, -0.15) is 11.8 Å². The van der Waals surface area contributed by atoms with Gasteiger partial charge in [-0.05, 0) is 12.2 Å². The van der Waals surface area contributed by atoms with Crippen LogP contribution in [0.15, 0.2) is 6.20 Å². The highest BCUT2D eigenvalue weighted by atomic mass is 35.5. The molecule has 0 radical (unpaired) electrons. The van der Waals surface area contributed by atoms with Crippen molar-refractivity contribution in [3.63, 3.8) is 0 Å². The SMILES string of the molecule is COCCCSCc1cnc(Cl)s1. The average Bonchev–Trinajstić information content (AvgIpc) is 2.51. The Labute approximate surface area is 91.7 Å². The van der Waals surface area contributed by atoms with Gasteiger partial charge in [0.2, 0.25) is 0 Å². The maximum atomic E-state index is 5.70. The van der Waals surface area contributed by atoms with E-state index in [-0.39, 0.29) is 0 Å². The van der Waals surface area contributed by atoms with Crippen LogP contribution in [0.1, 0.15) is 11.3 Å². The van der Waals surface area contributed by atoms with Crippen molar-refractivity contribution in [2.75, 3.05) is 19.5 Å². The third-order valence-electron chi connectivity index (χ3n) is 1.41. The highest BCUT2D eigenvalue weighted by Gasteiger charge is 1.98. The van der Waals surface area contributed by atoms with Crippen molar-refractivity contribution >= 4 is 34.7 Å². The zero-order chi connectivity index (χ0) is 9.52. The number of thiazole rings is 1. The van der Waals surface area contributed by atoms with E-state index in [2.05, 4.69) is 4.98 Å². The number of aromatic nitrogens is 1. The van der Waals surface area contributed by atoms with Gasteiger partial charge in [0, 0.05) is 30.5 Å². The van der Waals surface area contributed by atoms with E-state index in [4.69, 9.17) is 16.3 Å². The Morgan fingerprint density at radius 2 is 2.54 bits per heavy atom. The van der Waals surface area contributed by atoms with E-state index >= 15 is 0 Å². The summed E-state index contributed by atoms with van der Waals surface area (Å²) in [5.41, 5.74) is 0. The monoisotopic (exact) mass is 237 g/mol. The van der Waals surface area contributed by atoms with Crippen molar-refractivity contribution in [2.24, 2.45) is 0 Å². The number of thioether (sulfide) groups is 1. The van der Waals surface area contributed by atoms with Crippen LogP contribution >= 0.6 is 34.7 Å². The Morgan fingerprint density at radius 1 is 1.69 bits per heavy atom. The van der Waals surface area contributed by atoms with Crippen molar-refractivity contribution < 1.29 is 4.74 Å². The number of hydrogen-bond donors (Lipinski definition) is 0. The van der Waals surface area contributed by atoms with Gasteiger partial charge in [0.05, 0.1) is 0 Å². The Bertz CT molecular complexity index is 242. The largest absolute Gasteiger partial charge is 0.385 e. The second-order valence-corrected chi connectivity index (χ2v) is 5.28. The van der Waals surface area contributed by atoms with Crippen molar-refractivity contribution in [2.45, 2.75) is 12.2 Å². The molecule has 0 amide bonds. The van der Waals surface area contributed by atoms with Crippen LogP contribution in [0.25, 0.3) is 0 Å². The molecule has 74 valence electrons. The molecule has 0 spiro atoms. The highest BCUT2D eigenvalue weighted by Crippen LogP contribution is 2.22. The topological polar surface area (TPSA) is 22.1 Å². The van der Waals surface area contributed by atoms with Gasteiger partial charge in [-0.15, -0.1) is 11.3 Å². The summed E-state index contributed by atoms with van der Waals surface area (Å²) in [4.78, 5) is 5.22. The van der Waals surface area contributed by atoms with E-state index in [1.165, 1.54) is 4.88 Å². The number of hydrogen-bond acceptors (Lipinski definition) is 4. The summed E-state index contributed by atoms with van der Waals surface area (Å²) in [6, 6.07) is 0. The lowest BCUT2D eigenvalue weighted by Crippen LogP contribution is -1.90. The van der Waals surface area contributed by atoms with Gasteiger partial charge >= 0.3 is 0 Å². The zero-order valence-electron chi connectivity index (χ0n) is 7.46. The molecule has 2 nitrogen and oxygen atoms in total. The molecule has 0 saturated heterocycles. The highest BCUT2D eigenvalue weighted by molar-refractivity contribution is 7.98. The minimum Gasteiger partial charge on any atom is -0.385 e. The number of methoxy groups -OCH3 is 1. The van der Waals surface area contributed by atoms with Crippen molar-refractivity contribution in [1.29, 1.82) is 0 Å².